The molecule has 2 fully saturated rings. The average Bonchev–Trinajstić information content (AvgIpc) is 2.55. The van der Waals surface area contributed by atoms with Crippen LogP contribution in [0.4, 0.5) is 0 Å². The summed E-state index contributed by atoms with van der Waals surface area (Å²) in [6, 6.07) is 0.649. The van der Waals surface area contributed by atoms with E-state index in [0.29, 0.717) is 12.0 Å². The molecule has 14 heavy (non-hydrogen) atoms. The van der Waals surface area contributed by atoms with Gasteiger partial charge in [-0.2, -0.15) is 0 Å². The van der Waals surface area contributed by atoms with Gasteiger partial charge in [-0.05, 0) is 20.4 Å². The van der Waals surface area contributed by atoms with Gasteiger partial charge in [0, 0.05) is 43.7 Å². The maximum Gasteiger partial charge on any atom is 0.0465 e. The van der Waals surface area contributed by atoms with Crippen LogP contribution in [0.5, 0.6) is 0 Å². The lowest BCUT2D eigenvalue weighted by molar-refractivity contribution is 0.220. The Labute approximate surface area is 87.2 Å². The van der Waals surface area contributed by atoms with Gasteiger partial charge in [-0.1, -0.05) is 6.92 Å². The van der Waals surface area contributed by atoms with Crippen LogP contribution in [0.2, 0.25) is 0 Å². The normalized spacial score (nSPS) is 39.6. The summed E-state index contributed by atoms with van der Waals surface area (Å²) in [7, 11) is 0. The Bertz CT molecular complexity index is 217. The fourth-order valence-electron chi connectivity index (χ4n) is 2.88. The molecule has 2 aliphatic heterocycles. The van der Waals surface area contributed by atoms with Crippen LogP contribution < -0.4 is 5.73 Å². The molecule has 0 saturated carbocycles. The van der Waals surface area contributed by atoms with Crippen LogP contribution in [0.3, 0.4) is 0 Å². The molecule has 2 N–H and O–H groups in total. The number of nitrogens with two attached hydrogens (primary N) is 1. The van der Waals surface area contributed by atoms with E-state index >= 15 is 0 Å². The van der Waals surface area contributed by atoms with Crippen LogP contribution in [0.15, 0.2) is 0 Å². The number of fused-ring (bicyclic) bond motifs is 1. The lowest BCUT2D eigenvalue weighted by atomic mass is 9.92. The van der Waals surface area contributed by atoms with Gasteiger partial charge in [0.1, 0.15) is 0 Å². The van der Waals surface area contributed by atoms with E-state index in [0.717, 1.165) is 19.6 Å². The van der Waals surface area contributed by atoms with Gasteiger partial charge in [0.25, 0.3) is 0 Å². The third-order valence-electron chi connectivity index (χ3n) is 3.94. The van der Waals surface area contributed by atoms with Gasteiger partial charge in [0.15, 0.2) is 0 Å². The second kappa shape index (κ2) is 3.47. The third kappa shape index (κ3) is 1.58. The minimum absolute atomic E-state index is 0.0836. The van der Waals surface area contributed by atoms with Gasteiger partial charge in [0.05, 0.1) is 0 Å². The molecule has 2 saturated heterocycles. The van der Waals surface area contributed by atoms with Gasteiger partial charge in [0.2, 0.25) is 0 Å². The zero-order chi connectivity index (χ0) is 10.3. The molecular weight excluding hydrogens is 174 g/mol. The maximum atomic E-state index is 6.48. The standard InChI is InChI=1S/C11H23N3/c1-4-13-5-10-6-14(9(2)3)8-11(10,12)7-13/h9-10H,4-8,12H2,1-3H3/t10-,11+/m1/s1. The Morgan fingerprint density at radius 1 is 1.36 bits per heavy atom. The molecule has 0 aliphatic carbocycles. The largest absolute Gasteiger partial charge is 0.323 e. The predicted octanol–water partition coefficient (Wildman–Crippen LogP) is 0.360. The molecule has 3 heteroatoms. The van der Waals surface area contributed by atoms with Gasteiger partial charge in [-0.25, -0.2) is 0 Å². The fourth-order valence-corrected chi connectivity index (χ4v) is 2.88. The Hall–Kier alpha value is -0.120. The van der Waals surface area contributed by atoms with Crippen LogP contribution in [-0.2, 0) is 0 Å². The molecule has 0 aromatic carbocycles. The second-order valence-corrected chi connectivity index (χ2v) is 5.28. The van der Waals surface area contributed by atoms with E-state index in [1.807, 2.05) is 0 Å². The summed E-state index contributed by atoms with van der Waals surface area (Å²) in [5, 5.41) is 0. The van der Waals surface area contributed by atoms with Gasteiger partial charge in [-0.15, -0.1) is 0 Å². The van der Waals surface area contributed by atoms with Crippen LogP contribution in [0.1, 0.15) is 20.8 Å². The summed E-state index contributed by atoms with van der Waals surface area (Å²) in [5.41, 5.74) is 6.56. The van der Waals surface area contributed by atoms with E-state index in [2.05, 4.69) is 30.6 Å². The molecule has 3 nitrogen and oxygen atoms in total. The first kappa shape index (κ1) is 10.4. The number of likely N-dealkylation sites (tertiary alicyclic amines) is 2. The Balaban J connectivity index is 2.02. The molecule has 82 valence electrons. The minimum atomic E-state index is 0.0836. The summed E-state index contributed by atoms with van der Waals surface area (Å²) >= 11 is 0. The van der Waals surface area contributed by atoms with Crippen LogP contribution >= 0.6 is 0 Å². The van der Waals surface area contributed by atoms with Crippen LogP contribution in [-0.4, -0.2) is 54.1 Å². The van der Waals surface area contributed by atoms with Crippen molar-refractivity contribution in [3.05, 3.63) is 0 Å². The van der Waals surface area contributed by atoms with Crippen molar-refractivity contribution in [2.75, 3.05) is 32.7 Å². The number of rotatable bonds is 2. The highest BCUT2D eigenvalue weighted by molar-refractivity contribution is 5.08. The van der Waals surface area contributed by atoms with Gasteiger partial charge < -0.3 is 10.6 Å². The van der Waals surface area contributed by atoms with Crippen molar-refractivity contribution in [3.8, 4) is 0 Å². The minimum Gasteiger partial charge on any atom is -0.323 e. The van der Waals surface area contributed by atoms with Gasteiger partial charge >= 0.3 is 0 Å². The molecule has 0 unspecified atom stereocenters. The van der Waals surface area contributed by atoms with E-state index in [4.69, 9.17) is 5.73 Å². The zero-order valence-corrected chi connectivity index (χ0v) is 9.66. The summed E-state index contributed by atoms with van der Waals surface area (Å²) < 4.78 is 0. The van der Waals surface area contributed by atoms with Crippen molar-refractivity contribution in [2.45, 2.75) is 32.4 Å². The van der Waals surface area contributed by atoms with Crippen molar-refractivity contribution in [1.29, 1.82) is 0 Å². The van der Waals surface area contributed by atoms with Crippen LogP contribution in [0, 0.1) is 5.92 Å². The molecule has 0 bridgehead atoms. The maximum absolute atomic E-state index is 6.48. The van der Waals surface area contributed by atoms with Crippen molar-refractivity contribution >= 4 is 0 Å². The molecule has 0 aromatic rings. The first-order chi connectivity index (χ1) is 6.55. The van der Waals surface area contributed by atoms with E-state index in [1.165, 1.54) is 13.1 Å². The number of hydrogen-bond acceptors (Lipinski definition) is 3. The first-order valence-corrected chi connectivity index (χ1v) is 5.80. The van der Waals surface area contributed by atoms with Crippen molar-refractivity contribution in [2.24, 2.45) is 11.7 Å². The summed E-state index contributed by atoms with van der Waals surface area (Å²) in [5.74, 6) is 0.699. The lowest BCUT2D eigenvalue weighted by Gasteiger charge is -2.26. The zero-order valence-electron chi connectivity index (χ0n) is 9.66. The molecule has 2 heterocycles. The lowest BCUT2D eigenvalue weighted by Crippen LogP contribution is -2.49. The van der Waals surface area contributed by atoms with E-state index < -0.39 is 0 Å². The average molecular weight is 197 g/mol. The smallest absolute Gasteiger partial charge is 0.0465 e. The molecule has 0 amide bonds. The molecule has 0 aromatic heterocycles. The molecular formula is C11H23N3. The highest BCUT2D eigenvalue weighted by Gasteiger charge is 2.49. The molecule has 0 spiro atoms. The van der Waals surface area contributed by atoms with Gasteiger partial charge in [-0.3, -0.25) is 4.90 Å². The highest BCUT2D eigenvalue weighted by Crippen LogP contribution is 2.33. The molecule has 0 radical (unpaired) electrons. The van der Waals surface area contributed by atoms with E-state index in [-0.39, 0.29) is 5.54 Å². The molecule has 2 rings (SSSR count). The number of likely N-dealkylation sites (N-methyl/N-ethyl adjacent to an activating group) is 1. The molecule has 2 atom stereocenters. The quantitative estimate of drug-likeness (QED) is 0.694. The monoisotopic (exact) mass is 197 g/mol. The Morgan fingerprint density at radius 2 is 2.07 bits per heavy atom. The summed E-state index contributed by atoms with van der Waals surface area (Å²) in [6.45, 7) is 12.5. The first-order valence-electron chi connectivity index (χ1n) is 5.80. The van der Waals surface area contributed by atoms with Crippen molar-refractivity contribution in [1.82, 2.24) is 9.80 Å². The highest BCUT2D eigenvalue weighted by atomic mass is 15.3. The van der Waals surface area contributed by atoms with E-state index in [9.17, 15) is 0 Å². The predicted molar refractivity (Wildman–Crippen MR) is 59.2 cm³/mol. The number of nitrogens with zero attached hydrogens (tertiary/aromatic N) is 2. The summed E-state index contributed by atoms with van der Waals surface area (Å²) in [6.07, 6.45) is 0. The third-order valence-corrected chi connectivity index (χ3v) is 3.94. The van der Waals surface area contributed by atoms with E-state index in [1.54, 1.807) is 0 Å². The molecule has 2 aliphatic rings. The Morgan fingerprint density at radius 3 is 2.57 bits per heavy atom. The topological polar surface area (TPSA) is 32.5 Å². The SMILES string of the molecule is CCN1C[C@@H]2CN(C(C)C)C[C@@]2(N)C1. The van der Waals surface area contributed by atoms with Crippen molar-refractivity contribution < 1.29 is 0 Å². The van der Waals surface area contributed by atoms with Crippen LogP contribution in [0.25, 0.3) is 0 Å². The van der Waals surface area contributed by atoms with Crippen molar-refractivity contribution in [3.63, 3.8) is 0 Å². The second-order valence-electron chi connectivity index (χ2n) is 5.28. The Kier molecular flexibility index (Phi) is 2.58. The fraction of sp³-hybridized carbons (Fsp3) is 1.00. The number of hydrogen-bond donors (Lipinski definition) is 1. The summed E-state index contributed by atoms with van der Waals surface area (Å²) in [4.78, 5) is 5.01.